The Kier molecular flexibility index (Phi) is 5.98. The van der Waals surface area contributed by atoms with Crippen molar-refractivity contribution >= 4 is 23.2 Å². The van der Waals surface area contributed by atoms with Gasteiger partial charge in [0.1, 0.15) is 0 Å². The first kappa shape index (κ1) is 17.3. The average Bonchev–Trinajstić information content (AvgIpc) is 2.93. The maximum atomic E-state index is 12.2. The summed E-state index contributed by atoms with van der Waals surface area (Å²) in [6, 6.07) is 7.79. The number of hydrogen-bond donors (Lipinski definition) is 1. The smallest absolute Gasteiger partial charge is 0.227 e. The minimum atomic E-state index is -0.279. The number of amides is 2. The van der Waals surface area contributed by atoms with Crippen LogP contribution in [0.1, 0.15) is 12.8 Å². The van der Waals surface area contributed by atoms with Gasteiger partial charge in [-0.15, -0.1) is 0 Å². The summed E-state index contributed by atoms with van der Waals surface area (Å²) in [5, 5.41) is 2.87. The average molecular weight is 319 g/mol. The second kappa shape index (κ2) is 7.97. The maximum Gasteiger partial charge on any atom is 0.227 e. The van der Waals surface area contributed by atoms with Gasteiger partial charge in [-0.05, 0) is 30.7 Å². The fraction of sp³-hybridized carbons (Fsp3) is 0.529. The molecule has 1 aromatic rings. The molecule has 0 radical (unpaired) electrons. The summed E-state index contributed by atoms with van der Waals surface area (Å²) in [5.41, 5.74) is 1.92. The van der Waals surface area contributed by atoms with Crippen molar-refractivity contribution < 1.29 is 14.3 Å². The Hall–Kier alpha value is -2.08. The van der Waals surface area contributed by atoms with Crippen molar-refractivity contribution in [3.63, 3.8) is 0 Å². The molecule has 0 aromatic heterocycles. The summed E-state index contributed by atoms with van der Waals surface area (Å²) in [7, 11) is 5.58. The third-order valence-electron chi connectivity index (χ3n) is 4.00. The molecule has 1 unspecified atom stereocenters. The second-order valence-electron chi connectivity index (χ2n) is 5.95. The van der Waals surface area contributed by atoms with Crippen LogP contribution in [0.25, 0.3) is 0 Å². The summed E-state index contributed by atoms with van der Waals surface area (Å²) in [4.78, 5) is 28.0. The molecule has 1 aromatic carbocycles. The SMILES string of the molecule is COCCCNC(=O)C1CC(=O)N(c2ccc(N(C)C)cc2)C1. The number of methoxy groups -OCH3 is 1. The van der Waals surface area contributed by atoms with Crippen LogP contribution in [0.3, 0.4) is 0 Å². The number of rotatable bonds is 7. The molecule has 1 aliphatic rings. The van der Waals surface area contributed by atoms with Gasteiger partial charge in [0.05, 0.1) is 5.92 Å². The Labute approximate surface area is 137 Å². The molecule has 1 heterocycles. The van der Waals surface area contributed by atoms with E-state index in [4.69, 9.17) is 4.74 Å². The zero-order valence-electron chi connectivity index (χ0n) is 14.0. The lowest BCUT2D eigenvalue weighted by atomic mass is 10.1. The molecule has 1 atom stereocenters. The topological polar surface area (TPSA) is 61.9 Å². The van der Waals surface area contributed by atoms with Crippen LogP contribution in [0, 0.1) is 5.92 Å². The van der Waals surface area contributed by atoms with Crippen LogP contribution in [0.2, 0.25) is 0 Å². The lowest BCUT2D eigenvalue weighted by molar-refractivity contribution is -0.126. The molecule has 0 aliphatic carbocycles. The van der Waals surface area contributed by atoms with E-state index in [2.05, 4.69) is 5.32 Å². The van der Waals surface area contributed by atoms with Crippen LogP contribution < -0.4 is 15.1 Å². The monoisotopic (exact) mass is 319 g/mol. The molecule has 6 heteroatoms. The van der Waals surface area contributed by atoms with Crippen molar-refractivity contribution in [1.82, 2.24) is 5.32 Å². The molecule has 2 rings (SSSR count). The first-order valence-corrected chi connectivity index (χ1v) is 7.87. The van der Waals surface area contributed by atoms with Gasteiger partial charge in [-0.25, -0.2) is 0 Å². The summed E-state index contributed by atoms with van der Waals surface area (Å²) >= 11 is 0. The molecule has 6 nitrogen and oxygen atoms in total. The third-order valence-corrected chi connectivity index (χ3v) is 4.00. The van der Waals surface area contributed by atoms with Crippen molar-refractivity contribution in [3.8, 4) is 0 Å². The lowest BCUT2D eigenvalue weighted by Crippen LogP contribution is -2.33. The van der Waals surface area contributed by atoms with Crippen LogP contribution in [-0.2, 0) is 14.3 Å². The molecule has 0 bridgehead atoms. The number of nitrogens with one attached hydrogen (secondary N) is 1. The predicted molar refractivity (Wildman–Crippen MR) is 90.7 cm³/mol. The Morgan fingerprint density at radius 1 is 1.35 bits per heavy atom. The van der Waals surface area contributed by atoms with Crippen LogP contribution in [0.5, 0.6) is 0 Å². The Balaban J connectivity index is 1.92. The molecule has 0 saturated carbocycles. The van der Waals surface area contributed by atoms with Gasteiger partial charge < -0.3 is 19.9 Å². The number of benzene rings is 1. The standard InChI is InChI=1S/C17H25N3O3/c1-19(2)14-5-7-15(8-6-14)20-12-13(11-16(20)21)17(22)18-9-4-10-23-3/h5-8,13H,4,9-12H2,1-3H3,(H,18,22). The fourth-order valence-corrected chi connectivity index (χ4v) is 2.64. The zero-order chi connectivity index (χ0) is 16.8. The van der Waals surface area contributed by atoms with Crippen LogP contribution in [0.15, 0.2) is 24.3 Å². The molecule has 23 heavy (non-hydrogen) atoms. The van der Waals surface area contributed by atoms with Gasteiger partial charge in [-0.2, -0.15) is 0 Å². The van der Waals surface area contributed by atoms with Crippen molar-refractivity contribution in [1.29, 1.82) is 0 Å². The van der Waals surface area contributed by atoms with E-state index in [1.54, 1.807) is 12.0 Å². The highest BCUT2D eigenvalue weighted by Gasteiger charge is 2.34. The largest absolute Gasteiger partial charge is 0.385 e. The van der Waals surface area contributed by atoms with Crippen molar-refractivity contribution in [2.45, 2.75) is 12.8 Å². The maximum absolute atomic E-state index is 12.2. The molecule has 2 amide bonds. The van der Waals surface area contributed by atoms with Gasteiger partial charge in [0.25, 0.3) is 0 Å². The quantitative estimate of drug-likeness (QED) is 0.769. The van der Waals surface area contributed by atoms with Gasteiger partial charge in [0.2, 0.25) is 11.8 Å². The minimum Gasteiger partial charge on any atom is -0.385 e. The van der Waals surface area contributed by atoms with Gasteiger partial charge >= 0.3 is 0 Å². The van der Waals surface area contributed by atoms with Crippen molar-refractivity contribution in [2.24, 2.45) is 5.92 Å². The molecular formula is C17H25N3O3. The van der Waals surface area contributed by atoms with Crippen LogP contribution in [0.4, 0.5) is 11.4 Å². The normalized spacial score (nSPS) is 17.4. The van der Waals surface area contributed by atoms with E-state index >= 15 is 0 Å². The number of hydrogen-bond acceptors (Lipinski definition) is 4. The highest BCUT2D eigenvalue weighted by Crippen LogP contribution is 2.26. The lowest BCUT2D eigenvalue weighted by Gasteiger charge is -2.19. The van der Waals surface area contributed by atoms with Crippen LogP contribution in [-0.4, -0.2) is 52.7 Å². The zero-order valence-corrected chi connectivity index (χ0v) is 14.0. The molecule has 1 saturated heterocycles. The van der Waals surface area contributed by atoms with E-state index in [9.17, 15) is 9.59 Å². The Bertz CT molecular complexity index is 543. The highest BCUT2D eigenvalue weighted by atomic mass is 16.5. The Morgan fingerprint density at radius 3 is 2.65 bits per heavy atom. The Morgan fingerprint density at radius 2 is 2.04 bits per heavy atom. The highest BCUT2D eigenvalue weighted by molar-refractivity contribution is 6.00. The molecule has 1 N–H and O–H groups in total. The third kappa shape index (κ3) is 4.45. The first-order chi connectivity index (χ1) is 11.0. The molecular weight excluding hydrogens is 294 g/mol. The number of carbonyl (C=O) groups is 2. The van der Waals surface area contributed by atoms with Crippen LogP contribution >= 0.6 is 0 Å². The summed E-state index contributed by atoms with van der Waals surface area (Å²) < 4.78 is 4.95. The minimum absolute atomic E-state index is 0.000329. The van der Waals surface area contributed by atoms with Gasteiger partial charge in [0.15, 0.2) is 0 Å². The van der Waals surface area contributed by atoms with Gasteiger partial charge in [-0.3, -0.25) is 9.59 Å². The number of nitrogens with zero attached hydrogens (tertiary/aromatic N) is 2. The van der Waals surface area contributed by atoms with Gasteiger partial charge in [-0.1, -0.05) is 0 Å². The van der Waals surface area contributed by atoms with E-state index in [1.165, 1.54) is 0 Å². The van der Waals surface area contributed by atoms with E-state index < -0.39 is 0 Å². The van der Waals surface area contributed by atoms with Gasteiger partial charge in [0, 0.05) is 58.7 Å². The first-order valence-electron chi connectivity index (χ1n) is 7.87. The molecule has 126 valence electrons. The van der Waals surface area contributed by atoms with E-state index in [-0.39, 0.29) is 24.2 Å². The summed E-state index contributed by atoms with van der Waals surface area (Å²) in [6.45, 7) is 1.64. The molecule has 1 fully saturated rings. The molecule has 1 aliphatic heterocycles. The number of carbonyl (C=O) groups excluding carboxylic acids is 2. The van der Waals surface area contributed by atoms with Crippen molar-refractivity contribution in [3.05, 3.63) is 24.3 Å². The second-order valence-corrected chi connectivity index (χ2v) is 5.95. The van der Waals surface area contributed by atoms with Crippen molar-refractivity contribution in [2.75, 3.05) is 50.7 Å². The predicted octanol–water partition coefficient (Wildman–Crippen LogP) is 1.26. The van der Waals surface area contributed by atoms with E-state index in [0.29, 0.717) is 19.7 Å². The summed E-state index contributed by atoms with van der Waals surface area (Å²) in [6.07, 6.45) is 1.05. The number of ether oxygens (including phenoxy) is 1. The van der Waals surface area contributed by atoms with E-state index in [0.717, 1.165) is 17.8 Å². The molecule has 0 spiro atoms. The van der Waals surface area contributed by atoms with E-state index in [1.807, 2.05) is 43.3 Å². The number of anilines is 2. The fourth-order valence-electron chi connectivity index (χ4n) is 2.64. The summed E-state index contributed by atoms with van der Waals surface area (Å²) in [5.74, 6) is -0.333.